The smallest absolute Gasteiger partial charge is 0.321 e. The van der Waals surface area contributed by atoms with Crippen LogP contribution in [-0.2, 0) is 0 Å². The van der Waals surface area contributed by atoms with E-state index in [0.717, 1.165) is 37.3 Å². The van der Waals surface area contributed by atoms with Crippen molar-refractivity contribution in [1.82, 2.24) is 10.2 Å². The average molecular weight is 255 g/mol. The number of anilines is 1. The van der Waals surface area contributed by atoms with Crippen molar-refractivity contribution in [2.75, 3.05) is 31.5 Å². The van der Waals surface area contributed by atoms with E-state index >= 15 is 0 Å². The fourth-order valence-electron chi connectivity index (χ4n) is 2.34. The summed E-state index contributed by atoms with van der Waals surface area (Å²) in [5, 5.41) is 8.52. The Hall–Kier alpha value is -2.07. The zero-order valence-electron chi connectivity index (χ0n) is 10.7. The van der Waals surface area contributed by atoms with Gasteiger partial charge in [-0.05, 0) is 22.9 Å². The number of rotatable bonds is 1. The van der Waals surface area contributed by atoms with Gasteiger partial charge in [-0.15, -0.1) is 0 Å². The first-order valence-electron chi connectivity index (χ1n) is 6.58. The van der Waals surface area contributed by atoms with E-state index in [4.69, 9.17) is 0 Å². The lowest BCUT2D eigenvalue weighted by Crippen LogP contribution is -2.48. The van der Waals surface area contributed by atoms with Crippen molar-refractivity contribution in [2.45, 2.75) is 0 Å². The SMILES string of the molecule is O=C(Nc1ccc2ccccc2c1)N1CCNCC1. The Bertz CT molecular complexity index is 591. The molecule has 3 rings (SSSR count). The van der Waals surface area contributed by atoms with Crippen molar-refractivity contribution in [2.24, 2.45) is 0 Å². The molecule has 0 aromatic heterocycles. The fourth-order valence-corrected chi connectivity index (χ4v) is 2.34. The molecule has 19 heavy (non-hydrogen) atoms. The Labute approximate surface area is 112 Å². The summed E-state index contributed by atoms with van der Waals surface area (Å²) in [7, 11) is 0. The first-order chi connectivity index (χ1) is 9.33. The van der Waals surface area contributed by atoms with Crippen LogP contribution in [0.25, 0.3) is 10.8 Å². The monoisotopic (exact) mass is 255 g/mol. The predicted octanol–water partition coefficient (Wildman–Crippen LogP) is 2.28. The Balaban J connectivity index is 1.75. The molecule has 0 spiro atoms. The van der Waals surface area contributed by atoms with Crippen molar-refractivity contribution in [3.8, 4) is 0 Å². The van der Waals surface area contributed by atoms with E-state index in [1.807, 2.05) is 35.2 Å². The van der Waals surface area contributed by atoms with Gasteiger partial charge in [0.1, 0.15) is 0 Å². The van der Waals surface area contributed by atoms with Gasteiger partial charge in [0.25, 0.3) is 0 Å². The summed E-state index contributed by atoms with van der Waals surface area (Å²) in [6, 6.07) is 14.1. The van der Waals surface area contributed by atoms with Crippen LogP contribution in [0.5, 0.6) is 0 Å². The van der Waals surface area contributed by atoms with Crippen LogP contribution in [0.1, 0.15) is 0 Å². The third-order valence-corrected chi connectivity index (χ3v) is 3.40. The fraction of sp³-hybridized carbons (Fsp3) is 0.267. The maximum atomic E-state index is 12.1. The minimum atomic E-state index is -0.0169. The standard InChI is InChI=1S/C15H17N3O/c19-15(18-9-7-16-8-10-18)17-14-6-5-12-3-1-2-4-13(12)11-14/h1-6,11,16H,7-10H2,(H,17,19). The highest BCUT2D eigenvalue weighted by Gasteiger charge is 2.15. The molecule has 1 fully saturated rings. The van der Waals surface area contributed by atoms with Crippen LogP contribution >= 0.6 is 0 Å². The van der Waals surface area contributed by atoms with Crippen molar-refractivity contribution in [3.63, 3.8) is 0 Å². The van der Waals surface area contributed by atoms with Crippen LogP contribution in [0.15, 0.2) is 42.5 Å². The zero-order valence-corrected chi connectivity index (χ0v) is 10.7. The summed E-state index contributed by atoms with van der Waals surface area (Å²) < 4.78 is 0. The van der Waals surface area contributed by atoms with Gasteiger partial charge in [0.15, 0.2) is 0 Å². The van der Waals surface area contributed by atoms with E-state index in [9.17, 15) is 4.79 Å². The lowest BCUT2D eigenvalue weighted by molar-refractivity contribution is 0.204. The Kier molecular flexibility index (Phi) is 3.33. The molecule has 4 heteroatoms. The molecule has 0 unspecified atom stereocenters. The number of urea groups is 1. The van der Waals surface area contributed by atoms with Gasteiger partial charge < -0.3 is 15.5 Å². The number of amides is 2. The van der Waals surface area contributed by atoms with E-state index in [1.54, 1.807) is 0 Å². The van der Waals surface area contributed by atoms with E-state index in [1.165, 1.54) is 5.39 Å². The van der Waals surface area contributed by atoms with Crippen molar-refractivity contribution < 1.29 is 4.79 Å². The number of nitrogens with one attached hydrogen (secondary N) is 2. The molecule has 98 valence electrons. The van der Waals surface area contributed by atoms with Crippen LogP contribution in [0, 0.1) is 0 Å². The van der Waals surface area contributed by atoms with Crippen LogP contribution in [-0.4, -0.2) is 37.1 Å². The molecule has 0 aliphatic carbocycles. The number of carbonyl (C=O) groups excluding carboxylic acids is 1. The van der Waals surface area contributed by atoms with E-state index in [-0.39, 0.29) is 6.03 Å². The molecule has 1 saturated heterocycles. The first kappa shape index (κ1) is 12.0. The van der Waals surface area contributed by atoms with E-state index in [2.05, 4.69) is 22.8 Å². The second-order valence-electron chi connectivity index (χ2n) is 4.73. The molecule has 4 nitrogen and oxygen atoms in total. The maximum absolute atomic E-state index is 12.1. The largest absolute Gasteiger partial charge is 0.322 e. The van der Waals surface area contributed by atoms with Crippen LogP contribution in [0.3, 0.4) is 0 Å². The molecule has 2 N–H and O–H groups in total. The minimum absolute atomic E-state index is 0.0169. The van der Waals surface area contributed by atoms with Gasteiger partial charge in [-0.25, -0.2) is 4.79 Å². The first-order valence-corrected chi connectivity index (χ1v) is 6.58. The Morgan fingerprint density at radius 1 is 1.05 bits per heavy atom. The Morgan fingerprint density at radius 3 is 2.58 bits per heavy atom. The van der Waals surface area contributed by atoms with Crippen LogP contribution < -0.4 is 10.6 Å². The summed E-state index contributed by atoms with van der Waals surface area (Å²) >= 11 is 0. The molecule has 0 atom stereocenters. The van der Waals surface area contributed by atoms with Gasteiger partial charge in [0.05, 0.1) is 0 Å². The number of carbonyl (C=O) groups is 1. The highest BCUT2D eigenvalue weighted by molar-refractivity contribution is 5.93. The van der Waals surface area contributed by atoms with E-state index in [0.29, 0.717) is 0 Å². The third-order valence-electron chi connectivity index (χ3n) is 3.40. The second-order valence-corrected chi connectivity index (χ2v) is 4.73. The number of piperazine rings is 1. The molecule has 2 amide bonds. The van der Waals surface area contributed by atoms with Gasteiger partial charge in [-0.3, -0.25) is 0 Å². The van der Waals surface area contributed by atoms with Gasteiger partial charge >= 0.3 is 6.03 Å². The normalized spacial score (nSPS) is 15.5. The van der Waals surface area contributed by atoms with Crippen molar-refractivity contribution >= 4 is 22.5 Å². The number of hydrogen-bond acceptors (Lipinski definition) is 2. The molecule has 1 heterocycles. The molecule has 0 saturated carbocycles. The lowest BCUT2D eigenvalue weighted by Gasteiger charge is -2.27. The van der Waals surface area contributed by atoms with Gasteiger partial charge in [-0.1, -0.05) is 30.3 Å². The quantitative estimate of drug-likeness (QED) is 0.821. The summed E-state index contributed by atoms with van der Waals surface area (Å²) in [6.07, 6.45) is 0. The summed E-state index contributed by atoms with van der Waals surface area (Å²) in [5.41, 5.74) is 0.849. The molecule has 2 aromatic rings. The highest BCUT2D eigenvalue weighted by atomic mass is 16.2. The average Bonchev–Trinajstić information content (AvgIpc) is 2.48. The van der Waals surface area contributed by atoms with Gasteiger partial charge in [0, 0.05) is 31.9 Å². The summed E-state index contributed by atoms with van der Waals surface area (Å²) in [6.45, 7) is 3.26. The molecule has 0 bridgehead atoms. The van der Waals surface area contributed by atoms with Gasteiger partial charge in [0.2, 0.25) is 0 Å². The van der Waals surface area contributed by atoms with Crippen molar-refractivity contribution in [1.29, 1.82) is 0 Å². The Morgan fingerprint density at radius 2 is 1.79 bits per heavy atom. The highest BCUT2D eigenvalue weighted by Crippen LogP contribution is 2.19. The van der Waals surface area contributed by atoms with Crippen LogP contribution in [0.2, 0.25) is 0 Å². The topological polar surface area (TPSA) is 44.4 Å². The van der Waals surface area contributed by atoms with Crippen molar-refractivity contribution in [3.05, 3.63) is 42.5 Å². The second kappa shape index (κ2) is 5.28. The number of nitrogens with zero attached hydrogens (tertiary/aromatic N) is 1. The minimum Gasteiger partial charge on any atom is -0.322 e. The number of hydrogen-bond donors (Lipinski definition) is 2. The summed E-state index contributed by atoms with van der Waals surface area (Å²) in [4.78, 5) is 13.9. The number of fused-ring (bicyclic) bond motifs is 1. The molecule has 0 radical (unpaired) electrons. The molecular formula is C15H17N3O. The zero-order chi connectivity index (χ0) is 13.1. The third kappa shape index (κ3) is 2.69. The van der Waals surface area contributed by atoms with E-state index < -0.39 is 0 Å². The predicted molar refractivity (Wildman–Crippen MR) is 77.4 cm³/mol. The van der Waals surface area contributed by atoms with Gasteiger partial charge in [-0.2, -0.15) is 0 Å². The molecule has 1 aliphatic rings. The van der Waals surface area contributed by atoms with Crippen LogP contribution in [0.4, 0.5) is 10.5 Å². The summed E-state index contributed by atoms with van der Waals surface area (Å²) in [5.74, 6) is 0. The molecular weight excluding hydrogens is 238 g/mol. The molecule has 1 aliphatic heterocycles. The lowest BCUT2D eigenvalue weighted by atomic mass is 10.1. The maximum Gasteiger partial charge on any atom is 0.321 e. The molecule has 2 aromatic carbocycles. The number of benzene rings is 2.